The third kappa shape index (κ3) is 7.75. The highest BCUT2D eigenvalue weighted by atomic mass is 32.1. The molecule has 0 unspecified atom stereocenters. The van der Waals surface area contributed by atoms with Crippen LogP contribution in [-0.2, 0) is 19.3 Å². The molecular weight excluding hydrogens is 579 g/mol. The molecule has 1 amide bonds. The molecule has 0 heterocycles. The molecule has 0 atom stereocenters. The Morgan fingerprint density at radius 2 is 1.42 bits per heavy atom. The van der Waals surface area contributed by atoms with Gasteiger partial charge < -0.3 is 30.2 Å². The number of carbonyl (C=O) groups excluding carboxylic acids is 1. The van der Waals surface area contributed by atoms with Crippen LogP contribution in [0.1, 0.15) is 27.0 Å². The van der Waals surface area contributed by atoms with E-state index in [1.807, 2.05) is 36.4 Å². The number of rotatable bonds is 10. The first-order chi connectivity index (χ1) is 20.6. The summed E-state index contributed by atoms with van der Waals surface area (Å²) < 4.78 is 55.4. The molecule has 4 aromatic carbocycles. The zero-order valence-electron chi connectivity index (χ0n) is 23.7. The summed E-state index contributed by atoms with van der Waals surface area (Å²) in [6.45, 7) is 0.477. The second-order valence-electron chi connectivity index (χ2n) is 9.31. The minimum atomic E-state index is -4.46. The van der Waals surface area contributed by atoms with Crippen molar-refractivity contribution in [3.63, 3.8) is 0 Å². The minimum Gasteiger partial charge on any atom is -0.493 e. The van der Waals surface area contributed by atoms with Crippen LogP contribution in [0.4, 0.5) is 18.9 Å². The molecule has 3 N–H and O–H groups in total. The lowest BCUT2D eigenvalue weighted by molar-refractivity contribution is -0.137. The van der Waals surface area contributed by atoms with Gasteiger partial charge in [0.1, 0.15) is 0 Å². The fourth-order valence-electron chi connectivity index (χ4n) is 4.49. The van der Waals surface area contributed by atoms with Gasteiger partial charge in [-0.2, -0.15) is 13.2 Å². The van der Waals surface area contributed by atoms with E-state index in [2.05, 4.69) is 16.0 Å². The van der Waals surface area contributed by atoms with Gasteiger partial charge in [0.2, 0.25) is 5.75 Å². The van der Waals surface area contributed by atoms with E-state index in [4.69, 9.17) is 26.4 Å². The lowest BCUT2D eigenvalue weighted by atomic mass is 9.95. The van der Waals surface area contributed by atoms with Crippen molar-refractivity contribution >= 4 is 28.9 Å². The highest BCUT2D eigenvalue weighted by Gasteiger charge is 2.30. The van der Waals surface area contributed by atoms with E-state index < -0.39 is 11.7 Å². The van der Waals surface area contributed by atoms with Gasteiger partial charge in [-0.05, 0) is 70.9 Å². The molecule has 4 aromatic rings. The predicted octanol–water partition coefficient (Wildman–Crippen LogP) is 6.81. The fourth-order valence-corrected chi connectivity index (χ4v) is 4.68. The van der Waals surface area contributed by atoms with E-state index in [1.165, 1.54) is 33.5 Å². The normalized spacial score (nSPS) is 10.9. The van der Waals surface area contributed by atoms with Crippen LogP contribution < -0.4 is 30.2 Å². The van der Waals surface area contributed by atoms with Crippen LogP contribution in [0.15, 0.2) is 84.9 Å². The highest BCUT2D eigenvalue weighted by molar-refractivity contribution is 7.80. The van der Waals surface area contributed by atoms with Crippen molar-refractivity contribution in [2.24, 2.45) is 0 Å². The molecule has 0 aliphatic heterocycles. The third-order valence-corrected chi connectivity index (χ3v) is 6.79. The number of methoxy groups -OCH3 is 3. The highest BCUT2D eigenvalue weighted by Crippen LogP contribution is 2.38. The Balaban J connectivity index is 1.49. The summed E-state index contributed by atoms with van der Waals surface area (Å²) in [6, 6.07) is 23.1. The van der Waals surface area contributed by atoms with Gasteiger partial charge in [-0.3, -0.25) is 4.79 Å². The maximum Gasteiger partial charge on any atom is 0.416 e. The quantitative estimate of drug-likeness (QED) is 0.170. The average Bonchev–Trinajstić information content (AvgIpc) is 3.01. The second-order valence-corrected chi connectivity index (χ2v) is 9.71. The molecule has 0 aromatic heterocycles. The summed E-state index contributed by atoms with van der Waals surface area (Å²) in [5, 5.41) is 8.96. The Morgan fingerprint density at radius 3 is 2.07 bits per heavy atom. The van der Waals surface area contributed by atoms with Gasteiger partial charge in [0.05, 0.1) is 26.9 Å². The van der Waals surface area contributed by atoms with Crippen LogP contribution in [0.3, 0.4) is 0 Å². The Labute approximate surface area is 253 Å². The summed E-state index contributed by atoms with van der Waals surface area (Å²) in [7, 11) is 4.57. The summed E-state index contributed by atoms with van der Waals surface area (Å²) >= 11 is 5.34. The van der Waals surface area contributed by atoms with Crippen LogP contribution in [0.2, 0.25) is 0 Å². The Kier molecular flexibility index (Phi) is 10.1. The molecule has 0 bridgehead atoms. The molecule has 4 rings (SSSR count). The first-order valence-electron chi connectivity index (χ1n) is 13.1. The van der Waals surface area contributed by atoms with Gasteiger partial charge in [-0.25, -0.2) is 0 Å². The van der Waals surface area contributed by atoms with Crippen molar-refractivity contribution in [2.45, 2.75) is 19.3 Å². The summed E-state index contributed by atoms with van der Waals surface area (Å²) in [5.41, 5.74) is 3.01. The van der Waals surface area contributed by atoms with E-state index in [-0.39, 0.29) is 29.8 Å². The summed E-state index contributed by atoms with van der Waals surface area (Å²) in [6.07, 6.45) is -4.46. The van der Waals surface area contributed by atoms with Crippen molar-refractivity contribution in [3.8, 4) is 28.4 Å². The molecule has 43 heavy (non-hydrogen) atoms. The lowest BCUT2D eigenvalue weighted by Crippen LogP contribution is -2.28. The van der Waals surface area contributed by atoms with Crippen molar-refractivity contribution in [1.29, 1.82) is 0 Å². The van der Waals surface area contributed by atoms with Gasteiger partial charge >= 0.3 is 6.18 Å². The Hall–Kier alpha value is -4.77. The number of ether oxygens (including phenoxy) is 3. The number of hydrogen-bond donors (Lipinski definition) is 3. The van der Waals surface area contributed by atoms with Gasteiger partial charge in [-0.1, -0.05) is 48.5 Å². The van der Waals surface area contributed by atoms with Gasteiger partial charge in [-0.15, -0.1) is 0 Å². The number of hydrogen-bond acceptors (Lipinski definition) is 5. The first-order valence-corrected chi connectivity index (χ1v) is 13.5. The molecule has 11 heteroatoms. The van der Waals surface area contributed by atoms with Crippen LogP contribution in [-0.4, -0.2) is 32.3 Å². The van der Waals surface area contributed by atoms with Gasteiger partial charge in [0.15, 0.2) is 16.6 Å². The van der Waals surface area contributed by atoms with Crippen LogP contribution in [0, 0.1) is 0 Å². The zero-order valence-corrected chi connectivity index (χ0v) is 24.5. The molecule has 0 saturated carbocycles. The number of carbonyl (C=O) groups is 1. The maximum absolute atomic E-state index is 13.4. The van der Waals surface area contributed by atoms with Gasteiger partial charge in [0, 0.05) is 24.3 Å². The Morgan fingerprint density at radius 1 is 0.767 bits per heavy atom. The molecule has 0 radical (unpaired) electrons. The van der Waals surface area contributed by atoms with E-state index in [0.717, 1.165) is 28.8 Å². The largest absolute Gasteiger partial charge is 0.493 e. The lowest BCUT2D eigenvalue weighted by Gasteiger charge is -2.17. The number of alkyl halides is 3. The van der Waals surface area contributed by atoms with Crippen molar-refractivity contribution in [3.05, 3.63) is 107 Å². The predicted molar refractivity (Wildman–Crippen MR) is 164 cm³/mol. The monoisotopic (exact) mass is 609 g/mol. The third-order valence-electron chi connectivity index (χ3n) is 6.54. The number of anilines is 1. The molecule has 0 saturated heterocycles. The minimum absolute atomic E-state index is 0.158. The van der Waals surface area contributed by atoms with Crippen LogP contribution in [0.5, 0.6) is 17.2 Å². The number of thiocarbonyl (C=S) groups is 1. The molecule has 224 valence electrons. The summed E-state index contributed by atoms with van der Waals surface area (Å²) in [4.78, 5) is 13.4. The van der Waals surface area contributed by atoms with Crippen LogP contribution >= 0.6 is 12.2 Å². The maximum atomic E-state index is 13.4. The standard InChI is InChI=1S/C32H30F3N3O4S/c1-40-27-15-20(16-28(41-2)29(27)42-3)18-36-30(39)26-14-7-6-13-25(26)24-12-5-4-9-21(24)19-37-31(43)38-23-11-8-10-22(17-23)32(33,34)35/h4-17H,18-19H2,1-3H3,(H,36,39)(H2,37,38,43). The molecule has 0 spiro atoms. The molecule has 0 aliphatic rings. The first kappa shape index (κ1) is 31.2. The topological polar surface area (TPSA) is 80.9 Å². The number of halogens is 3. The molecule has 0 fully saturated rings. The SMILES string of the molecule is COc1cc(CNC(=O)c2ccccc2-c2ccccc2CNC(=S)Nc2cccc(C(F)(F)F)c2)cc(OC)c1OC. The molecule has 7 nitrogen and oxygen atoms in total. The van der Waals surface area contributed by atoms with Crippen molar-refractivity contribution < 1.29 is 32.2 Å². The smallest absolute Gasteiger partial charge is 0.416 e. The number of benzene rings is 4. The fraction of sp³-hybridized carbons (Fsp3) is 0.188. The van der Waals surface area contributed by atoms with Crippen molar-refractivity contribution in [1.82, 2.24) is 10.6 Å². The average molecular weight is 610 g/mol. The van der Waals surface area contributed by atoms with Gasteiger partial charge in [0.25, 0.3) is 5.91 Å². The van der Waals surface area contributed by atoms with E-state index in [9.17, 15) is 18.0 Å². The molecular formula is C32H30F3N3O4S. The Bertz CT molecular complexity index is 1590. The number of amides is 1. The van der Waals surface area contributed by atoms with Crippen molar-refractivity contribution in [2.75, 3.05) is 26.6 Å². The summed E-state index contributed by atoms with van der Waals surface area (Å²) in [5.74, 6) is 1.13. The van der Waals surface area contributed by atoms with E-state index >= 15 is 0 Å². The van der Waals surface area contributed by atoms with E-state index in [0.29, 0.717) is 28.4 Å². The number of nitrogens with one attached hydrogen (secondary N) is 3. The van der Waals surface area contributed by atoms with E-state index in [1.54, 1.807) is 24.3 Å². The zero-order chi connectivity index (χ0) is 31.0. The van der Waals surface area contributed by atoms with Crippen LogP contribution in [0.25, 0.3) is 11.1 Å². The molecule has 0 aliphatic carbocycles. The second kappa shape index (κ2) is 13.9.